The molecular weight excluding hydrogens is 272 g/mol. The van der Waals surface area contributed by atoms with Crippen molar-refractivity contribution in [3.63, 3.8) is 0 Å². The molecule has 6 nitrogen and oxygen atoms in total. The Kier molecular flexibility index (Phi) is 5.71. The Balaban J connectivity index is 1.75. The van der Waals surface area contributed by atoms with Gasteiger partial charge in [0.15, 0.2) is 5.78 Å². The quantitative estimate of drug-likeness (QED) is 0.756. The van der Waals surface area contributed by atoms with Crippen LogP contribution in [0.15, 0.2) is 24.3 Å². The zero-order valence-corrected chi connectivity index (χ0v) is 12.1. The maximum Gasteiger partial charge on any atom is 0.222 e. The zero-order valence-electron chi connectivity index (χ0n) is 12.1. The number of ketones is 1. The van der Waals surface area contributed by atoms with E-state index in [1.165, 1.54) is 0 Å². The lowest BCUT2D eigenvalue weighted by atomic mass is 10.1. The Labute approximate surface area is 123 Å². The van der Waals surface area contributed by atoms with Crippen molar-refractivity contribution in [1.82, 2.24) is 10.6 Å². The minimum atomic E-state index is -0.303. The van der Waals surface area contributed by atoms with E-state index in [0.29, 0.717) is 24.5 Å². The Morgan fingerprint density at radius 2 is 2.10 bits per heavy atom. The molecule has 1 atom stereocenters. The monoisotopic (exact) mass is 292 g/mol. The van der Waals surface area contributed by atoms with Crippen molar-refractivity contribution in [2.24, 2.45) is 0 Å². The molecule has 1 aromatic carbocycles. The number of rotatable bonds is 6. The molecule has 1 fully saturated rings. The maximum atomic E-state index is 12.0. The predicted molar refractivity (Wildman–Crippen MR) is 77.3 cm³/mol. The van der Waals surface area contributed by atoms with Crippen LogP contribution in [-0.2, 0) is 9.53 Å². The Morgan fingerprint density at radius 3 is 2.71 bits per heavy atom. The molecule has 0 radical (unpaired) electrons. The van der Waals surface area contributed by atoms with E-state index in [9.17, 15) is 9.59 Å². The van der Waals surface area contributed by atoms with Crippen LogP contribution in [0, 0.1) is 0 Å². The number of carbonyl (C=O) groups excluding carboxylic acids is 2. The Hall–Kier alpha value is -1.92. The summed E-state index contributed by atoms with van der Waals surface area (Å²) in [5.41, 5.74) is 0.583. The third-order valence-electron chi connectivity index (χ3n) is 3.24. The van der Waals surface area contributed by atoms with E-state index in [2.05, 4.69) is 10.6 Å². The number of amides is 1. The third kappa shape index (κ3) is 4.84. The second-order valence-electron chi connectivity index (χ2n) is 4.78. The minimum Gasteiger partial charge on any atom is -0.497 e. The highest BCUT2D eigenvalue weighted by molar-refractivity contribution is 5.98. The van der Waals surface area contributed by atoms with Gasteiger partial charge >= 0.3 is 0 Å². The van der Waals surface area contributed by atoms with Gasteiger partial charge in [0.1, 0.15) is 12.0 Å². The van der Waals surface area contributed by atoms with Crippen molar-refractivity contribution in [2.75, 3.05) is 26.8 Å². The van der Waals surface area contributed by atoms with E-state index in [1.54, 1.807) is 31.4 Å². The van der Waals surface area contributed by atoms with Crippen molar-refractivity contribution < 1.29 is 19.1 Å². The van der Waals surface area contributed by atoms with Gasteiger partial charge in [0, 0.05) is 31.5 Å². The number of ether oxygens (including phenoxy) is 2. The molecule has 0 spiro atoms. The number of nitrogens with one attached hydrogen (secondary N) is 2. The highest BCUT2D eigenvalue weighted by Gasteiger charge is 2.16. The number of benzene rings is 1. The summed E-state index contributed by atoms with van der Waals surface area (Å²) in [6.45, 7) is 1.97. The van der Waals surface area contributed by atoms with E-state index >= 15 is 0 Å². The molecule has 1 aliphatic heterocycles. The second kappa shape index (κ2) is 7.75. The van der Waals surface area contributed by atoms with Crippen LogP contribution in [-0.4, -0.2) is 44.7 Å². The first-order chi connectivity index (χ1) is 10.2. The first kappa shape index (κ1) is 15.5. The number of hydrogen-bond acceptors (Lipinski definition) is 5. The van der Waals surface area contributed by atoms with Crippen molar-refractivity contribution in [1.29, 1.82) is 0 Å². The molecule has 1 saturated heterocycles. The Morgan fingerprint density at radius 1 is 1.33 bits per heavy atom. The molecule has 0 saturated carbocycles. The normalized spacial score (nSPS) is 18.0. The SMILES string of the molecule is COc1ccc(C(=O)CCC(=O)NC2CNCCO2)cc1. The molecular formula is C15H20N2O4. The summed E-state index contributed by atoms with van der Waals surface area (Å²) < 4.78 is 10.4. The fraction of sp³-hybridized carbons (Fsp3) is 0.467. The molecule has 0 aliphatic carbocycles. The molecule has 21 heavy (non-hydrogen) atoms. The average molecular weight is 292 g/mol. The lowest BCUT2D eigenvalue weighted by Gasteiger charge is -2.24. The van der Waals surface area contributed by atoms with Crippen LogP contribution >= 0.6 is 0 Å². The molecule has 2 rings (SSSR count). The average Bonchev–Trinajstić information content (AvgIpc) is 2.53. The standard InChI is InChI=1S/C15H20N2O4/c1-20-12-4-2-11(3-5-12)13(18)6-7-14(19)17-15-10-16-8-9-21-15/h2-5,15-16H,6-10H2,1H3,(H,17,19). The van der Waals surface area contributed by atoms with Gasteiger partial charge in [-0.3, -0.25) is 9.59 Å². The van der Waals surface area contributed by atoms with Gasteiger partial charge in [0.25, 0.3) is 0 Å². The molecule has 0 aromatic heterocycles. The van der Waals surface area contributed by atoms with Gasteiger partial charge in [-0.15, -0.1) is 0 Å². The second-order valence-corrected chi connectivity index (χ2v) is 4.78. The van der Waals surface area contributed by atoms with Crippen LogP contribution in [0.25, 0.3) is 0 Å². The van der Waals surface area contributed by atoms with Crippen LogP contribution in [0.3, 0.4) is 0 Å². The highest BCUT2D eigenvalue weighted by Crippen LogP contribution is 2.13. The van der Waals surface area contributed by atoms with E-state index in [1.807, 2.05) is 0 Å². The van der Waals surface area contributed by atoms with Crippen molar-refractivity contribution >= 4 is 11.7 Å². The van der Waals surface area contributed by atoms with Gasteiger partial charge < -0.3 is 20.1 Å². The number of methoxy groups -OCH3 is 1. The minimum absolute atomic E-state index is 0.0597. The first-order valence-corrected chi connectivity index (χ1v) is 6.98. The van der Waals surface area contributed by atoms with E-state index in [4.69, 9.17) is 9.47 Å². The number of Topliss-reactive ketones (excluding diaryl/α,β-unsaturated/α-hetero) is 1. The van der Waals surface area contributed by atoms with Gasteiger partial charge in [-0.2, -0.15) is 0 Å². The van der Waals surface area contributed by atoms with Crippen molar-refractivity contribution in [3.8, 4) is 5.75 Å². The molecule has 0 bridgehead atoms. The van der Waals surface area contributed by atoms with Crippen LogP contribution in [0.4, 0.5) is 0 Å². The summed E-state index contributed by atoms with van der Waals surface area (Å²) in [7, 11) is 1.57. The van der Waals surface area contributed by atoms with Crippen LogP contribution < -0.4 is 15.4 Å². The van der Waals surface area contributed by atoms with Crippen LogP contribution in [0.1, 0.15) is 23.2 Å². The van der Waals surface area contributed by atoms with Gasteiger partial charge in [-0.25, -0.2) is 0 Å². The topological polar surface area (TPSA) is 76.7 Å². The maximum absolute atomic E-state index is 12.0. The summed E-state index contributed by atoms with van der Waals surface area (Å²) in [4.78, 5) is 23.7. The van der Waals surface area contributed by atoms with E-state index in [-0.39, 0.29) is 30.8 Å². The zero-order chi connectivity index (χ0) is 15.1. The van der Waals surface area contributed by atoms with Gasteiger partial charge in [0.2, 0.25) is 5.91 Å². The largest absolute Gasteiger partial charge is 0.497 e. The molecule has 114 valence electrons. The molecule has 2 N–H and O–H groups in total. The summed E-state index contributed by atoms with van der Waals surface area (Å²) in [6, 6.07) is 6.87. The fourth-order valence-corrected chi connectivity index (χ4v) is 2.06. The van der Waals surface area contributed by atoms with E-state index < -0.39 is 0 Å². The first-order valence-electron chi connectivity index (χ1n) is 6.98. The summed E-state index contributed by atoms with van der Waals surface area (Å²) in [5, 5.41) is 5.87. The molecule has 1 unspecified atom stereocenters. The van der Waals surface area contributed by atoms with Crippen molar-refractivity contribution in [2.45, 2.75) is 19.1 Å². The van der Waals surface area contributed by atoms with Crippen LogP contribution in [0.2, 0.25) is 0 Å². The number of hydrogen-bond donors (Lipinski definition) is 2. The van der Waals surface area contributed by atoms with Gasteiger partial charge in [0.05, 0.1) is 13.7 Å². The smallest absolute Gasteiger partial charge is 0.222 e. The lowest BCUT2D eigenvalue weighted by Crippen LogP contribution is -2.48. The van der Waals surface area contributed by atoms with Gasteiger partial charge in [-0.05, 0) is 24.3 Å². The molecule has 1 aliphatic rings. The number of carbonyl (C=O) groups is 2. The molecule has 6 heteroatoms. The molecule has 1 heterocycles. The molecule has 1 aromatic rings. The summed E-state index contributed by atoms with van der Waals surface area (Å²) in [6.07, 6.45) is 0.0330. The van der Waals surface area contributed by atoms with Crippen molar-refractivity contribution in [3.05, 3.63) is 29.8 Å². The predicted octanol–water partition coefficient (Wildman–Crippen LogP) is 0.720. The highest BCUT2D eigenvalue weighted by atomic mass is 16.5. The molecule has 1 amide bonds. The summed E-state index contributed by atoms with van der Waals surface area (Å²) in [5.74, 6) is 0.465. The van der Waals surface area contributed by atoms with Gasteiger partial charge in [-0.1, -0.05) is 0 Å². The third-order valence-corrected chi connectivity index (χ3v) is 3.24. The van der Waals surface area contributed by atoms with E-state index in [0.717, 1.165) is 6.54 Å². The summed E-state index contributed by atoms with van der Waals surface area (Å²) >= 11 is 0. The Bertz CT molecular complexity index is 481. The fourth-order valence-electron chi connectivity index (χ4n) is 2.06. The number of morpholine rings is 1. The van der Waals surface area contributed by atoms with Crippen LogP contribution in [0.5, 0.6) is 5.75 Å². The lowest BCUT2D eigenvalue weighted by molar-refractivity contribution is -0.126.